The second-order valence-electron chi connectivity index (χ2n) is 5.98. The molecule has 2 N–H and O–H groups in total. The number of hydrogen-bond donors (Lipinski definition) is 2. The van der Waals surface area contributed by atoms with Crippen molar-refractivity contribution in [2.24, 2.45) is 0 Å². The third-order valence-corrected chi connectivity index (χ3v) is 3.71. The minimum absolute atomic E-state index is 0.306. The maximum atomic E-state index is 13.0. The molecule has 0 fully saturated rings. The van der Waals surface area contributed by atoms with Gasteiger partial charge < -0.3 is 14.9 Å². The molecule has 5 nitrogen and oxygen atoms in total. The molecular formula is C19H19FO5. The fourth-order valence-electron chi connectivity index (χ4n) is 2.53. The first kappa shape index (κ1) is 18.6. The summed E-state index contributed by atoms with van der Waals surface area (Å²) in [5, 5.41) is 18.8. The van der Waals surface area contributed by atoms with Crippen LogP contribution in [-0.4, -0.2) is 33.9 Å². The van der Waals surface area contributed by atoms with E-state index in [0.717, 1.165) is 11.1 Å². The van der Waals surface area contributed by atoms with Crippen LogP contribution in [0.1, 0.15) is 19.4 Å². The smallest absolute Gasteiger partial charge is 0.348 e. The molecule has 0 saturated carbocycles. The minimum Gasteiger partial charge on any atom is -0.479 e. The molecule has 0 aromatic heterocycles. The Labute approximate surface area is 144 Å². The van der Waals surface area contributed by atoms with Gasteiger partial charge in [-0.15, -0.1) is 0 Å². The van der Waals surface area contributed by atoms with Gasteiger partial charge in [-0.3, -0.25) is 0 Å². The molecule has 0 heterocycles. The molecular weight excluding hydrogens is 327 g/mol. The van der Waals surface area contributed by atoms with Gasteiger partial charge in [0, 0.05) is 6.42 Å². The number of hydrogen-bond acceptors (Lipinski definition) is 3. The summed E-state index contributed by atoms with van der Waals surface area (Å²) in [7, 11) is 0. The average Bonchev–Trinajstić information content (AvgIpc) is 2.55. The van der Waals surface area contributed by atoms with Crippen molar-refractivity contribution in [1.82, 2.24) is 0 Å². The standard InChI is InChI=1S/C19H19FO5/c1-12(2)25-19(17(21)22,18(23)24)11-13-3-5-14(6-4-13)15-7-9-16(20)10-8-15/h3-10,12H,11H2,1-2H3,(H,21,22)(H,23,24). The SMILES string of the molecule is CC(C)OC(Cc1ccc(-c2ccc(F)cc2)cc1)(C(=O)O)C(=O)O. The van der Waals surface area contributed by atoms with Gasteiger partial charge in [-0.1, -0.05) is 36.4 Å². The predicted octanol–water partition coefficient (Wildman–Crippen LogP) is 3.37. The molecule has 0 amide bonds. The van der Waals surface area contributed by atoms with Crippen molar-refractivity contribution in [3.8, 4) is 11.1 Å². The van der Waals surface area contributed by atoms with Crippen LogP contribution in [0.4, 0.5) is 4.39 Å². The number of halogens is 1. The van der Waals surface area contributed by atoms with Crippen molar-refractivity contribution < 1.29 is 28.9 Å². The van der Waals surface area contributed by atoms with Gasteiger partial charge in [0.25, 0.3) is 5.60 Å². The van der Waals surface area contributed by atoms with E-state index in [1.54, 1.807) is 50.2 Å². The van der Waals surface area contributed by atoms with E-state index in [2.05, 4.69) is 0 Å². The van der Waals surface area contributed by atoms with Crippen molar-refractivity contribution >= 4 is 11.9 Å². The lowest BCUT2D eigenvalue weighted by molar-refractivity contribution is -0.188. The zero-order chi connectivity index (χ0) is 18.6. The Hall–Kier alpha value is -2.73. The molecule has 0 atom stereocenters. The van der Waals surface area contributed by atoms with E-state index in [1.165, 1.54) is 12.1 Å². The number of rotatable bonds is 7. The Morgan fingerprint density at radius 3 is 1.80 bits per heavy atom. The number of ether oxygens (including phenoxy) is 1. The van der Waals surface area contributed by atoms with Gasteiger partial charge in [0.05, 0.1) is 6.10 Å². The highest BCUT2D eigenvalue weighted by molar-refractivity contribution is 6.02. The van der Waals surface area contributed by atoms with Crippen LogP contribution in [0.3, 0.4) is 0 Å². The van der Waals surface area contributed by atoms with Crippen LogP contribution >= 0.6 is 0 Å². The number of carboxylic acid groups (broad SMARTS) is 2. The lowest BCUT2D eigenvalue weighted by atomic mass is 9.92. The highest BCUT2D eigenvalue weighted by atomic mass is 19.1. The Morgan fingerprint density at radius 2 is 1.40 bits per heavy atom. The lowest BCUT2D eigenvalue weighted by Gasteiger charge is -2.27. The molecule has 132 valence electrons. The van der Waals surface area contributed by atoms with Crippen molar-refractivity contribution in [2.75, 3.05) is 0 Å². The summed E-state index contributed by atoms with van der Waals surface area (Å²) in [6.45, 7) is 3.16. The van der Waals surface area contributed by atoms with Crippen LogP contribution in [0.2, 0.25) is 0 Å². The van der Waals surface area contributed by atoms with Gasteiger partial charge in [0.2, 0.25) is 0 Å². The van der Waals surface area contributed by atoms with E-state index in [1.807, 2.05) is 0 Å². The summed E-state index contributed by atoms with van der Waals surface area (Å²) in [6, 6.07) is 12.7. The average molecular weight is 346 g/mol. The van der Waals surface area contributed by atoms with Gasteiger partial charge in [-0.05, 0) is 42.7 Å². The number of aliphatic carboxylic acids is 2. The summed E-state index contributed by atoms with van der Waals surface area (Å²) in [5.74, 6) is -3.42. The Kier molecular flexibility index (Phi) is 5.54. The first-order valence-corrected chi connectivity index (χ1v) is 7.74. The zero-order valence-electron chi connectivity index (χ0n) is 13.9. The van der Waals surface area contributed by atoms with Gasteiger partial charge in [0.1, 0.15) is 5.82 Å². The van der Waals surface area contributed by atoms with Gasteiger partial charge in [0.15, 0.2) is 0 Å². The van der Waals surface area contributed by atoms with E-state index < -0.39 is 23.6 Å². The van der Waals surface area contributed by atoms with Gasteiger partial charge >= 0.3 is 11.9 Å². The number of carbonyl (C=O) groups is 2. The van der Waals surface area contributed by atoms with Crippen LogP contribution in [0.5, 0.6) is 0 Å². The Morgan fingerprint density at radius 1 is 0.960 bits per heavy atom. The van der Waals surface area contributed by atoms with Gasteiger partial charge in [-0.2, -0.15) is 0 Å². The van der Waals surface area contributed by atoms with Crippen molar-refractivity contribution in [3.05, 3.63) is 59.9 Å². The molecule has 0 saturated heterocycles. The van der Waals surface area contributed by atoms with Crippen LogP contribution in [-0.2, 0) is 20.7 Å². The maximum Gasteiger partial charge on any atom is 0.348 e. The molecule has 0 aliphatic heterocycles. The van der Waals surface area contributed by atoms with Crippen molar-refractivity contribution in [2.45, 2.75) is 32.0 Å². The molecule has 0 bridgehead atoms. The maximum absolute atomic E-state index is 13.0. The fourth-order valence-corrected chi connectivity index (χ4v) is 2.53. The largest absolute Gasteiger partial charge is 0.479 e. The highest BCUT2D eigenvalue weighted by Gasteiger charge is 2.49. The third-order valence-electron chi connectivity index (χ3n) is 3.71. The van der Waals surface area contributed by atoms with Crippen LogP contribution in [0.15, 0.2) is 48.5 Å². The van der Waals surface area contributed by atoms with Gasteiger partial charge in [-0.25, -0.2) is 14.0 Å². The van der Waals surface area contributed by atoms with Crippen molar-refractivity contribution in [3.63, 3.8) is 0 Å². The summed E-state index contributed by atoms with van der Waals surface area (Å²) in [5.41, 5.74) is -0.221. The monoisotopic (exact) mass is 346 g/mol. The van der Waals surface area contributed by atoms with E-state index >= 15 is 0 Å². The molecule has 0 unspecified atom stereocenters. The molecule has 0 aliphatic rings. The van der Waals surface area contributed by atoms with E-state index in [0.29, 0.717) is 5.56 Å². The summed E-state index contributed by atoms with van der Waals surface area (Å²) >= 11 is 0. The second-order valence-corrected chi connectivity index (χ2v) is 5.98. The van der Waals surface area contributed by atoms with E-state index in [4.69, 9.17) is 4.74 Å². The highest BCUT2D eigenvalue weighted by Crippen LogP contribution is 2.25. The van der Waals surface area contributed by atoms with Crippen LogP contribution in [0, 0.1) is 5.82 Å². The summed E-state index contributed by atoms with van der Waals surface area (Å²) in [6.07, 6.45) is -0.870. The minimum atomic E-state index is -2.34. The number of carboxylic acids is 2. The molecule has 6 heteroatoms. The first-order chi connectivity index (χ1) is 11.7. The van der Waals surface area contributed by atoms with Crippen LogP contribution < -0.4 is 0 Å². The predicted molar refractivity (Wildman–Crippen MR) is 89.8 cm³/mol. The fraction of sp³-hybridized carbons (Fsp3) is 0.263. The summed E-state index contributed by atoms with van der Waals surface area (Å²) < 4.78 is 18.2. The lowest BCUT2D eigenvalue weighted by Crippen LogP contribution is -2.52. The quantitative estimate of drug-likeness (QED) is 0.751. The molecule has 0 spiro atoms. The molecule has 25 heavy (non-hydrogen) atoms. The van der Waals surface area contributed by atoms with E-state index in [-0.39, 0.29) is 12.2 Å². The molecule has 0 aliphatic carbocycles. The normalized spacial score (nSPS) is 11.5. The zero-order valence-corrected chi connectivity index (χ0v) is 13.9. The Bertz CT molecular complexity index is 736. The van der Waals surface area contributed by atoms with Crippen molar-refractivity contribution in [1.29, 1.82) is 0 Å². The topological polar surface area (TPSA) is 83.8 Å². The molecule has 2 aromatic carbocycles. The number of benzene rings is 2. The molecule has 2 rings (SSSR count). The molecule has 0 radical (unpaired) electrons. The third kappa shape index (κ3) is 4.22. The summed E-state index contributed by atoms with van der Waals surface area (Å²) in [4.78, 5) is 23.2. The first-order valence-electron chi connectivity index (χ1n) is 7.74. The van der Waals surface area contributed by atoms with E-state index in [9.17, 15) is 24.2 Å². The molecule has 2 aromatic rings. The Balaban J connectivity index is 2.29. The van der Waals surface area contributed by atoms with Crippen LogP contribution in [0.25, 0.3) is 11.1 Å². The second kappa shape index (κ2) is 7.44.